The Labute approximate surface area is 176 Å². The van der Waals surface area contributed by atoms with Crippen LogP contribution in [0.4, 0.5) is 21.5 Å². The second kappa shape index (κ2) is 9.84. The number of nitrogens with one attached hydrogen (secondary N) is 1. The molecule has 0 spiro atoms. The van der Waals surface area contributed by atoms with Crippen molar-refractivity contribution in [3.05, 3.63) is 89.2 Å². The van der Waals surface area contributed by atoms with Crippen LogP contribution < -0.4 is 10.2 Å². The fourth-order valence-corrected chi connectivity index (χ4v) is 2.98. The molecule has 0 aliphatic carbocycles. The summed E-state index contributed by atoms with van der Waals surface area (Å²) in [5.74, 6) is -1.78. The molecule has 3 rings (SSSR count). The Hall–Kier alpha value is -3.19. The number of ether oxygens (including phenoxy) is 1. The lowest BCUT2D eigenvalue weighted by Gasteiger charge is -2.24. The first-order valence-corrected chi connectivity index (χ1v) is 9.60. The van der Waals surface area contributed by atoms with Crippen LogP contribution in [-0.4, -0.2) is 25.0 Å². The smallest absolute Gasteiger partial charge is 0.326 e. The average molecular weight is 457 g/mol. The first-order valence-electron chi connectivity index (χ1n) is 8.81. The minimum atomic E-state index is -0.620. The number of carbonyl (C=O) groups is 2. The minimum absolute atomic E-state index is 0.0180. The van der Waals surface area contributed by atoms with E-state index in [2.05, 4.69) is 21.2 Å². The Kier molecular flexibility index (Phi) is 6.97. The van der Waals surface area contributed by atoms with Gasteiger partial charge >= 0.3 is 5.97 Å². The van der Waals surface area contributed by atoms with E-state index in [1.54, 1.807) is 11.0 Å². The van der Waals surface area contributed by atoms with Crippen molar-refractivity contribution < 1.29 is 18.7 Å². The number of hydrogen-bond donors (Lipinski definition) is 1. The van der Waals surface area contributed by atoms with E-state index in [-0.39, 0.29) is 12.2 Å². The highest BCUT2D eigenvalue weighted by Crippen LogP contribution is 2.24. The van der Waals surface area contributed by atoms with Crippen LogP contribution in [0.1, 0.15) is 0 Å². The number of nitrogens with zero attached hydrogens (tertiary/aromatic N) is 1. The van der Waals surface area contributed by atoms with Gasteiger partial charge in [0.1, 0.15) is 12.4 Å². The van der Waals surface area contributed by atoms with Crippen LogP contribution in [0.15, 0.2) is 83.3 Å². The number of para-hydroxylation sites is 2. The number of amides is 1. The fraction of sp³-hybridized carbons (Fsp3) is 0.0909. The number of anilines is 3. The summed E-state index contributed by atoms with van der Waals surface area (Å²) in [7, 11) is 0. The van der Waals surface area contributed by atoms with Crippen molar-refractivity contribution in [2.75, 3.05) is 23.4 Å². The van der Waals surface area contributed by atoms with Gasteiger partial charge < -0.3 is 15.0 Å². The largest absolute Gasteiger partial charge is 0.454 e. The van der Waals surface area contributed by atoms with Gasteiger partial charge in [-0.15, -0.1) is 0 Å². The predicted molar refractivity (Wildman–Crippen MR) is 114 cm³/mol. The molecule has 5 nitrogen and oxygen atoms in total. The zero-order valence-corrected chi connectivity index (χ0v) is 16.9. The van der Waals surface area contributed by atoms with Gasteiger partial charge in [0.25, 0.3) is 5.91 Å². The molecule has 7 heteroatoms. The molecule has 0 atom stereocenters. The molecule has 0 saturated carbocycles. The number of carbonyl (C=O) groups excluding carboxylic acids is 2. The zero-order chi connectivity index (χ0) is 20.6. The van der Waals surface area contributed by atoms with Crippen molar-refractivity contribution in [3.8, 4) is 0 Å². The van der Waals surface area contributed by atoms with Crippen LogP contribution >= 0.6 is 15.9 Å². The highest BCUT2D eigenvalue weighted by atomic mass is 79.9. The van der Waals surface area contributed by atoms with Gasteiger partial charge in [0.05, 0.1) is 5.69 Å². The first-order chi connectivity index (χ1) is 14.0. The highest BCUT2D eigenvalue weighted by molar-refractivity contribution is 9.10. The molecule has 0 fully saturated rings. The SMILES string of the molecule is O=C(COC(=O)CN(c1ccccc1)c1ccccc1)Nc1ccc(Br)cc1F. The van der Waals surface area contributed by atoms with E-state index in [9.17, 15) is 14.0 Å². The topological polar surface area (TPSA) is 58.6 Å². The normalized spacial score (nSPS) is 10.3. The Morgan fingerprint density at radius 2 is 1.52 bits per heavy atom. The summed E-state index contributed by atoms with van der Waals surface area (Å²) >= 11 is 3.15. The lowest BCUT2D eigenvalue weighted by atomic mass is 10.2. The first kappa shape index (κ1) is 20.5. The summed E-state index contributed by atoms with van der Waals surface area (Å²) in [6.07, 6.45) is 0. The summed E-state index contributed by atoms with van der Waals surface area (Å²) in [4.78, 5) is 26.1. The maximum Gasteiger partial charge on any atom is 0.326 e. The van der Waals surface area contributed by atoms with E-state index in [1.165, 1.54) is 12.1 Å². The van der Waals surface area contributed by atoms with Crippen molar-refractivity contribution in [2.45, 2.75) is 0 Å². The zero-order valence-electron chi connectivity index (χ0n) is 15.3. The molecular weight excluding hydrogens is 439 g/mol. The summed E-state index contributed by atoms with van der Waals surface area (Å²) in [5.41, 5.74) is 1.65. The standard InChI is InChI=1S/C22H18BrFN2O3/c23-16-11-12-20(19(24)13-16)25-21(27)15-29-22(28)14-26(17-7-3-1-4-8-17)18-9-5-2-6-10-18/h1-13H,14-15H2,(H,25,27). The van der Waals surface area contributed by atoms with E-state index in [1.807, 2.05) is 60.7 Å². The van der Waals surface area contributed by atoms with E-state index < -0.39 is 24.3 Å². The van der Waals surface area contributed by atoms with Crippen LogP contribution in [0, 0.1) is 5.82 Å². The second-order valence-corrected chi connectivity index (χ2v) is 7.01. The molecule has 0 unspecified atom stereocenters. The van der Waals surface area contributed by atoms with Crippen LogP contribution in [-0.2, 0) is 14.3 Å². The van der Waals surface area contributed by atoms with Crippen LogP contribution in [0.5, 0.6) is 0 Å². The van der Waals surface area contributed by atoms with E-state index in [4.69, 9.17) is 4.74 Å². The van der Waals surface area contributed by atoms with Crippen molar-refractivity contribution >= 4 is 44.9 Å². The Morgan fingerprint density at radius 3 is 2.07 bits per heavy atom. The summed E-state index contributed by atoms with van der Waals surface area (Å²) in [5, 5.41) is 2.38. The lowest BCUT2D eigenvalue weighted by Crippen LogP contribution is -2.29. The van der Waals surface area contributed by atoms with Gasteiger partial charge in [-0.25, -0.2) is 4.39 Å². The van der Waals surface area contributed by atoms with Crippen molar-refractivity contribution in [1.82, 2.24) is 0 Å². The quantitative estimate of drug-likeness (QED) is 0.513. The van der Waals surface area contributed by atoms with Gasteiger partial charge in [0.15, 0.2) is 6.61 Å². The Bertz CT molecular complexity index is 944. The highest BCUT2D eigenvalue weighted by Gasteiger charge is 2.16. The van der Waals surface area contributed by atoms with Crippen LogP contribution in [0.25, 0.3) is 0 Å². The maximum atomic E-state index is 13.8. The summed E-state index contributed by atoms with van der Waals surface area (Å²) in [6, 6.07) is 23.0. The van der Waals surface area contributed by atoms with Gasteiger partial charge in [-0.2, -0.15) is 0 Å². The average Bonchev–Trinajstić information content (AvgIpc) is 2.74. The number of benzene rings is 3. The Balaban J connectivity index is 1.61. The predicted octanol–water partition coefficient (Wildman–Crippen LogP) is 4.91. The second-order valence-electron chi connectivity index (χ2n) is 6.09. The molecule has 29 heavy (non-hydrogen) atoms. The molecule has 3 aromatic rings. The van der Waals surface area contributed by atoms with E-state index in [0.717, 1.165) is 11.4 Å². The molecule has 3 aromatic carbocycles. The van der Waals surface area contributed by atoms with Gasteiger partial charge in [0, 0.05) is 15.8 Å². The molecule has 0 aromatic heterocycles. The lowest BCUT2D eigenvalue weighted by molar-refractivity contribution is -0.145. The molecule has 1 amide bonds. The third-order valence-corrected chi connectivity index (χ3v) is 4.49. The molecule has 148 valence electrons. The molecule has 0 heterocycles. The molecule has 0 aliphatic heterocycles. The third kappa shape index (κ3) is 5.89. The summed E-state index contributed by atoms with van der Waals surface area (Å²) < 4.78 is 19.4. The van der Waals surface area contributed by atoms with E-state index in [0.29, 0.717) is 4.47 Å². The molecule has 0 bridgehead atoms. The van der Waals surface area contributed by atoms with Crippen molar-refractivity contribution in [1.29, 1.82) is 0 Å². The monoisotopic (exact) mass is 456 g/mol. The van der Waals surface area contributed by atoms with E-state index >= 15 is 0 Å². The fourth-order valence-electron chi connectivity index (χ4n) is 2.65. The molecule has 1 N–H and O–H groups in total. The number of esters is 1. The molecular formula is C22H18BrFN2O3. The number of rotatable bonds is 7. The van der Waals surface area contributed by atoms with Gasteiger partial charge in [-0.1, -0.05) is 52.3 Å². The van der Waals surface area contributed by atoms with Gasteiger partial charge in [-0.05, 0) is 42.5 Å². The van der Waals surface area contributed by atoms with Gasteiger partial charge in [0.2, 0.25) is 0 Å². The van der Waals surface area contributed by atoms with Crippen molar-refractivity contribution in [2.24, 2.45) is 0 Å². The van der Waals surface area contributed by atoms with Crippen LogP contribution in [0.2, 0.25) is 0 Å². The Morgan fingerprint density at radius 1 is 0.931 bits per heavy atom. The molecule has 0 aliphatic rings. The molecule has 0 radical (unpaired) electrons. The third-order valence-electron chi connectivity index (χ3n) is 3.99. The maximum absolute atomic E-state index is 13.8. The minimum Gasteiger partial charge on any atom is -0.454 e. The molecule has 0 saturated heterocycles. The number of halogens is 2. The number of hydrogen-bond acceptors (Lipinski definition) is 4. The summed E-state index contributed by atoms with van der Waals surface area (Å²) in [6.45, 7) is -0.584. The van der Waals surface area contributed by atoms with Crippen molar-refractivity contribution in [3.63, 3.8) is 0 Å². The van der Waals surface area contributed by atoms with Crippen LogP contribution in [0.3, 0.4) is 0 Å². The van der Waals surface area contributed by atoms with Gasteiger partial charge in [-0.3, -0.25) is 9.59 Å².